The maximum atomic E-state index is 13.0. The molecule has 9 heteroatoms. The minimum Gasteiger partial charge on any atom is -0.495 e. The molecule has 152 valence electrons. The number of methoxy groups -OCH3 is 3. The predicted molar refractivity (Wildman–Crippen MR) is 108 cm³/mol. The summed E-state index contributed by atoms with van der Waals surface area (Å²) in [5, 5.41) is 2.75. The van der Waals surface area contributed by atoms with E-state index in [-0.39, 0.29) is 17.0 Å². The number of sulfonamides is 1. The van der Waals surface area contributed by atoms with Crippen molar-refractivity contribution in [3.05, 3.63) is 42.0 Å². The molecule has 8 nitrogen and oxygen atoms in total. The van der Waals surface area contributed by atoms with Gasteiger partial charge in [0.05, 0.1) is 44.0 Å². The summed E-state index contributed by atoms with van der Waals surface area (Å²) >= 11 is 0. The molecule has 0 fully saturated rings. The van der Waals surface area contributed by atoms with Crippen LogP contribution in [0.4, 0.5) is 11.4 Å². The van der Waals surface area contributed by atoms with Gasteiger partial charge in [-0.1, -0.05) is 12.1 Å². The number of carbonyl (C=O) groups is 1. The minimum absolute atomic E-state index is 0.114. The van der Waals surface area contributed by atoms with E-state index in [0.717, 1.165) is 4.31 Å². The van der Waals surface area contributed by atoms with Crippen molar-refractivity contribution in [1.82, 2.24) is 0 Å². The largest absolute Gasteiger partial charge is 0.495 e. The van der Waals surface area contributed by atoms with E-state index in [4.69, 9.17) is 14.2 Å². The summed E-state index contributed by atoms with van der Waals surface area (Å²) in [6.07, 6.45) is 0. The fourth-order valence-corrected chi connectivity index (χ4v) is 3.43. The first-order valence-electron chi connectivity index (χ1n) is 8.46. The van der Waals surface area contributed by atoms with E-state index in [1.807, 2.05) is 0 Å². The molecule has 0 aliphatic carbocycles. The Morgan fingerprint density at radius 3 is 2.14 bits per heavy atom. The Kier molecular flexibility index (Phi) is 6.74. The number of para-hydroxylation sites is 2. The Morgan fingerprint density at radius 2 is 1.57 bits per heavy atom. The van der Waals surface area contributed by atoms with E-state index < -0.39 is 15.9 Å². The Labute approximate surface area is 165 Å². The molecule has 2 rings (SSSR count). The maximum absolute atomic E-state index is 13.0. The van der Waals surface area contributed by atoms with Gasteiger partial charge in [-0.05, 0) is 25.1 Å². The first-order valence-corrected chi connectivity index (χ1v) is 10.1. The molecule has 2 aromatic carbocycles. The molecule has 0 saturated heterocycles. The van der Waals surface area contributed by atoms with Crippen molar-refractivity contribution in [2.24, 2.45) is 0 Å². The van der Waals surface area contributed by atoms with Gasteiger partial charge in [-0.2, -0.15) is 0 Å². The molecule has 0 saturated carbocycles. The first-order chi connectivity index (χ1) is 13.3. The molecule has 0 heterocycles. The van der Waals surface area contributed by atoms with Gasteiger partial charge in [0.25, 0.3) is 5.91 Å². The number of hydrogen-bond donors (Lipinski definition) is 1. The van der Waals surface area contributed by atoms with Crippen molar-refractivity contribution in [3.8, 4) is 17.2 Å². The van der Waals surface area contributed by atoms with E-state index >= 15 is 0 Å². The maximum Gasteiger partial charge on any atom is 0.258 e. The summed E-state index contributed by atoms with van der Waals surface area (Å²) in [5.41, 5.74) is 0.742. The molecule has 0 unspecified atom stereocenters. The van der Waals surface area contributed by atoms with Gasteiger partial charge in [-0.15, -0.1) is 0 Å². The highest BCUT2D eigenvalue weighted by atomic mass is 32.2. The average Bonchev–Trinajstić information content (AvgIpc) is 2.72. The van der Waals surface area contributed by atoms with Gasteiger partial charge in [0, 0.05) is 13.1 Å². The second-order valence-electron chi connectivity index (χ2n) is 5.75. The van der Waals surface area contributed by atoms with Crippen LogP contribution in [0.5, 0.6) is 17.2 Å². The van der Waals surface area contributed by atoms with Crippen molar-refractivity contribution in [2.45, 2.75) is 6.92 Å². The fourth-order valence-electron chi connectivity index (χ4n) is 2.59. The topological polar surface area (TPSA) is 94.2 Å². The smallest absolute Gasteiger partial charge is 0.258 e. The van der Waals surface area contributed by atoms with Crippen LogP contribution >= 0.6 is 0 Å². The van der Waals surface area contributed by atoms with Gasteiger partial charge >= 0.3 is 0 Å². The summed E-state index contributed by atoms with van der Waals surface area (Å²) in [6, 6.07) is 9.82. The Morgan fingerprint density at radius 1 is 1.00 bits per heavy atom. The zero-order valence-electron chi connectivity index (χ0n) is 16.5. The summed E-state index contributed by atoms with van der Waals surface area (Å²) < 4.78 is 41.6. The van der Waals surface area contributed by atoms with Crippen LogP contribution in [0.15, 0.2) is 36.4 Å². The quantitative estimate of drug-likeness (QED) is 0.722. The molecule has 1 N–H and O–H groups in total. The SMILES string of the molecule is CCS(=O)(=O)N(C)c1cc(OC)c(OC)cc1C(=O)Nc1ccccc1OC. The fraction of sp³-hybridized carbons (Fsp3) is 0.316. The van der Waals surface area contributed by atoms with Gasteiger partial charge in [0.1, 0.15) is 5.75 Å². The first kappa shape index (κ1) is 21.4. The van der Waals surface area contributed by atoms with Crippen molar-refractivity contribution < 1.29 is 27.4 Å². The van der Waals surface area contributed by atoms with Gasteiger partial charge in [-0.3, -0.25) is 9.10 Å². The number of rotatable bonds is 8. The molecule has 0 spiro atoms. The summed E-state index contributed by atoms with van der Waals surface area (Å²) in [4.78, 5) is 13.0. The van der Waals surface area contributed by atoms with Crippen LogP contribution in [0, 0.1) is 0 Å². The van der Waals surface area contributed by atoms with Gasteiger partial charge in [0.15, 0.2) is 11.5 Å². The van der Waals surface area contributed by atoms with Gasteiger partial charge in [0.2, 0.25) is 10.0 Å². The molecule has 0 atom stereocenters. The lowest BCUT2D eigenvalue weighted by atomic mass is 10.1. The van der Waals surface area contributed by atoms with E-state index in [0.29, 0.717) is 22.9 Å². The number of nitrogens with one attached hydrogen (secondary N) is 1. The highest BCUT2D eigenvalue weighted by molar-refractivity contribution is 7.92. The van der Waals surface area contributed by atoms with E-state index in [1.165, 1.54) is 47.4 Å². The van der Waals surface area contributed by atoms with Crippen LogP contribution in [0.25, 0.3) is 0 Å². The standard InChI is InChI=1S/C19H24N2O6S/c1-6-28(23,24)21(2)15-12-18(27-5)17(26-4)11-13(15)19(22)20-14-9-7-8-10-16(14)25-3/h7-12H,6H2,1-5H3,(H,20,22). The Bertz CT molecular complexity index is 959. The van der Waals surface area contributed by atoms with Crippen LogP contribution in [0.2, 0.25) is 0 Å². The molecular weight excluding hydrogens is 384 g/mol. The average molecular weight is 408 g/mol. The lowest BCUT2D eigenvalue weighted by Gasteiger charge is -2.23. The molecule has 0 aromatic heterocycles. The van der Waals surface area contributed by atoms with Crippen LogP contribution in [0.1, 0.15) is 17.3 Å². The third kappa shape index (κ3) is 4.30. The molecular formula is C19H24N2O6S. The predicted octanol–water partition coefficient (Wildman–Crippen LogP) is 2.75. The number of nitrogens with zero attached hydrogens (tertiary/aromatic N) is 1. The lowest BCUT2D eigenvalue weighted by molar-refractivity contribution is 0.102. The van der Waals surface area contributed by atoms with Crippen molar-refractivity contribution in [3.63, 3.8) is 0 Å². The molecule has 0 bridgehead atoms. The number of hydrogen-bond acceptors (Lipinski definition) is 6. The van der Waals surface area contributed by atoms with Crippen LogP contribution < -0.4 is 23.8 Å². The third-order valence-corrected chi connectivity index (χ3v) is 5.98. The summed E-state index contributed by atoms with van der Waals surface area (Å²) in [7, 11) is 2.15. The summed E-state index contributed by atoms with van der Waals surface area (Å²) in [5.74, 6) is 0.458. The van der Waals surface area contributed by atoms with Crippen LogP contribution in [-0.2, 0) is 10.0 Å². The van der Waals surface area contributed by atoms with Crippen LogP contribution in [0.3, 0.4) is 0 Å². The number of carbonyl (C=O) groups excluding carboxylic acids is 1. The second-order valence-corrected chi connectivity index (χ2v) is 8.04. The number of ether oxygens (including phenoxy) is 3. The van der Waals surface area contributed by atoms with Crippen molar-refractivity contribution in [2.75, 3.05) is 43.8 Å². The molecule has 0 radical (unpaired) electrons. The minimum atomic E-state index is -3.61. The van der Waals surface area contributed by atoms with Crippen molar-refractivity contribution in [1.29, 1.82) is 0 Å². The van der Waals surface area contributed by atoms with Gasteiger partial charge in [-0.25, -0.2) is 8.42 Å². The molecule has 0 aliphatic heterocycles. The second kappa shape index (κ2) is 8.83. The molecule has 28 heavy (non-hydrogen) atoms. The number of anilines is 2. The van der Waals surface area contributed by atoms with E-state index in [2.05, 4.69) is 5.32 Å². The highest BCUT2D eigenvalue weighted by Gasteiger charge is 2.25. The normalized spacial score (nSPS) is 10.9. The third-order valence-electron chi connectivity index (χ3n) is 4.22. The Hall–Kier alpha value is -2.94. The zero-order valence-corrected chi connectivity index (χ0v) is 17.3. The number of benzene rings is 2. The van der Waals surface area contributed by atoms with Crippen LogP contribution in [-0.4, -0.2) is 48.5 Å². The lowest BCUT2D eigenvalue weighted by Crippen LogP contribution is -2.30. The van der Waals surface area contributed by atoms with E-state index in [1.54, 1.807) is 24.3 Å². The molecule has 2 aromatic rings. The van der Waals surface area contributed by atoms with Crippen molar-refractivity contribution >= 4 is 27.3 Å². The number of amides is 1. The van der Waals surface area contributed by atoms with Gasteiger partial charge < -0.3 is 19.5 Å². The zero-order chi connectivity index (χ0) is 20.9. The molecule has 0 aliphatic rings. The highest BCUT2D eigenvalue weighted by Crippen LogP contribution is 2.36. The summed E-state index contributed by atoms with van der Waals surface area (Å²) in [6.45, 7) is 1.53. The van der Waals surface area contributed by atoms with E-state index in [9.17, 15) is 13.2 Å². The monoisotopic (exact) mass is 408 g/mol. The molecule has 1 amide bonds. The Balaban J connectivity index is 2.58.